The monoisotopic (exact) mass is 575 g/mol. The van der Waals surface area contributed by atoms with Crippen LogP contribution in [0.25, 0.3) is 10.7 Å². The summed E-state index contributed by atoms with van der Waals surface area (Å²) in [5, 5.41) is 18.1. The van der Waals surface area contributed by atoms with E-state index in [9.17, 15) is 0 Å². The molecule has 0 bridgehead atoms. The van der Waals surface area contributed by atoms with Crippen LogP contribution >= 0.6 is 22.9 Å². The number of nitrogens with one attached hydrogen (secondary N) is 2. The lowest BCUT2D eigenvalue weighted by Crippen LogP contribution is -2.42. The van der Waals surface area contributed by atoms with Crippen molar-refractivity contribution in [2.45, 2.75) is 45.1 Å². The van der Waals surface area contributed by atoms with Crippen LogP contribution in [-0.4, -0.2) is 46.9 Å². The number of methoxy groups -OCH3 is 1. The number of hydrogen-bond donors (Lipinski definition) is 2. The highest BCUT2D eigenvalue weighted by molar-refractivity contribution is 7.18. The fraction of sp³-hybridized carbons (Fsp3) is 0.400. The summed E-state index contributed by atoms with van der Waals surface area (Å²) in [6, 6.07) is 12.6. The molecule has 8 nitrogen and oxygen atoms in total. The van der Waals surface area contributed by atoms with Crippen LogP contribution in [0.1, 0.15) is 50.8 Å². The Kier molecular flexibility index (Phi) is 7.25. The van der Waals surface area contributed by atoms with Gasteiger partial charge >= 0.3 is 0 Å². The van der Waals surface area contributed by atoms with Crippen molar-refractivity contribution < 1.29 is 4.74 Å². The van der Waals surface area contributed by atoms with Crippen molar-refractivity contribution in [3.8, 4) is 10.7 Å². The SMILES string of the molecule is COC(c1ccc(Cl)c2c1N(c1ccccc1Nc1nnc(-c3cnccn3)s1)CC21CCNCC1)C(C)(C)C. The molecule has 1 atom stereocenters. The Balaban J connectivity index is 1.46. The largest absolute Gasteiger partial charge is 0.376 e. The molecule has 10 heteroatoms. The molecule has 2 aliphatic rings. The first-order chi connectivity index (χ1) is 19.3. The summed E-state index contributed by atoms with van der Waals surface area (Å²) < 4.78 is 6.17. The van der Waals surface area contributed by atoms with E-state index in [-0.39, 0.29) is 16.9 Å². The third-order valence-corrected chi connectivity index (χ3v) is 9.10. The second-order valence-corrected chi connectivity index (χ2v) is 13.0. The minimum absolute atomic E-state index is 0.0428. The summed E-state index contributed by atoms with van der Waals surface area (Å²) in [5.74, 6) is 0. The maximum Gasteiger partial charge on any atom is 0.210 e. The van der Waals surface area contributed by atoms with Crippen molar-refractivity contribution in [2.24, 2.45) is 5.41 Å². The van der Waals surface area contributed by atoms with Gasteiger partial charge in [0.1, 0.15) is 5.69 Å². The molecule has 1 unspecified atom stereocenters. The fourth-order valence-corrected chi connectivity index (χ4v) is 7.30. The lowest BCUT2D eigenvalue weighted by molar-refractivity contribution is 0.0156. The maximum absolute atomic E-state index is 7.08. The van der Waals surface area contributed by atoms with Gasteiger partial charge in [-0.1, -0.05) is 61.9 Å². The minimum Gasteiger partial charge on any atom is -0.376 e. The molecule has 1 fully saturated rings. The first-order valence-electron chi connectivity index (χ1n) is 13.6. The first-order valence-corrected chi connectivity index (χ1v) is 14.8. The topological polar surface area (TPSA) is 88.1 Å². The predicted octanol–water partition coefficient (Wildman–Crippen LogP) is 6.90. The van der Waals surface area contributed by atoms with E-state index >= 15 is 0 Å². The van der Waals surface area contributed by atoms with Gasteiger partial charge in [0.2, 0.25) is 5.13 Å². The van der Waals surface area contributed by atoms with E-state index in [1.807, 2.05) is 6.07 Å². The molecule has 0 amide bonds. The highest BCUT2D eigenvalue weighted by Gasteiger charge is 2.48. The van der Waals surface area contributed by atoms with Crippen LogP contribution in [0.3, 0.4) is 0 Å². The smallest absolute Gasteiger partial charge is 0.210 e. The molecular formula is C30H34ClN7OS. The van der Waals surface area contributed by atoms with Crippen LogP contribution in [-0.2, 0) is 10.2 Å². The molecule has 208 valence electrons. The molecule has 6 rings (SSSR count). The van der Waals surface area contributed by atoms with E-state index < -0.39 is 0 Å². The zero-order chi connectivity index (χ0) is 27.9. The average molecular weight is 576 g/mol. The van der Waals surface area contributed by atoms with Crippen molar-refractivity contribution in [3.63, 3.8) is 0 Å². The molecular weight excluding hydrogens is 542 g/mol. The van der Waals surface area contributed by atoms with Crippen molar-refractivity contribution in [1.82, 2.24) is 25.5 Å². The maximum atomic E-state index is 7.08. The van der Waals surface area contributed by atoms with E-state index in [2.05, 4.69) is 86.8 Å². The zero-order valence-electron chi connectivity index (χ0n) is 23.2. The molecule has 1 spiro atoms. The third-order valence-electron chi connectivity index (χ3n) is 7.93. The second-order valence-electron chi connectivity index (χ2n) is 11.6. The number of hydrogen-bond acceptors (Lipinski definition) is 9. The van der Waals surface area contributed by atoms with E-state index in [0.717, 1.165) is 53.9 Å². The number of halogens is 1. The van der Waals surface area contributed by atoms with E-state index in [1.165, 1.54) is 28.2 Å². The van der Waals surface area contributed by atoms with E-state index in [0.29, 0.717) is 10.8 Å². The standard InChI is InChI=1S/C30H34ClN7OS/c1-29(2,3)26(39-4)19-9-10-20(31)24-25(19)38(18-30(24)11-13-32-14-12-30)23-8-6-5-7-21(23)35-28-37-36-27(40-28)22-17-33-15-16-34-22/h5-10,15-17,26,32H,11-14,18H2,1-4H3,(H,35,37). The normalized spacial score (nSPS) is 17.2. The molecule has 40 heavy (non-hydrogen) atoms. The highest BCUT2D eigenvalue weighted by Crippen LogP contribution is 2.56. The van der Waals surface area contributed by atoms with Gasteiger partial charge in [-0.05, 0) is 49.5 Å². The number of nitrogens with zero attached hydrogens (tertiary/aromatic N) is 5. The van der Waals surface area contributed by atoms with E-state index in [4.69, 9.17) is 16.3 Å². The van der Waals surface area contributed by atoms with E-state index in [1.54, 1.807) is 25.7 Å². The van der Waals surface area contributed by atoms with Gasteiger partial charge in [0, 0.05) is 47.6 Å². The number of benzene rings is 2. The van der Waals surface area contributed by atoms with Crippen LogP contribution in [0.2, 0.25) is 5.02 Å². The Morgan fingerprint density at radius 2 is 1.90 bits per heavy atom. The predicted molar refractivity (Wildman–Crippen MR) is 162 cm³/mol. The number of anilines is 4. The van der Waals surface area contributed by atoms with Gasteiger partial charge in [-0.25, -0.2) is 0 Å². The Morgan fingerprint density at radius 3 is 2.62 bits per heavy atom. The molecule has 2 aromatic heterocycles. The van der Waals surface area contributed by atoms with Crippen LogP contribution in [0.4, 0.5) is 22.2 Å². The number of fused-ring (bicyclic) bond motifs is 2. The molecule has 2 aliphatic heterocycles. The van der Waals surface area contributed by atoms with Crippen molar-refractivity contribution in [1.29, 1.82) is 0 Å². The zero-order valence-corrected chi connectivity index (χ0v) is 24.8. The summed E-state index contributed by atoms with van der Waals surface area (Å²) in [6.45, 7) is 9.46. The Hall–Kier alpha value is -3.11. The van der Waals surface area contributed by atoms with Gasteiger partial charge in [0.25, 0.3) is 0 Å². The third kappa shape index (κ3) is 4.85. The number of aromatic nitrogens is 4. The number of piperidine rings is 1. The molecule has 0 saturated carbocycles. The first kappa shape index (κ1) is 27.1. The number of rotatable bonds is 6. The Labute approximate surface area is 244 Å². The molecule has 0 radical (unpaired) electrons. The van der Waals surface area contributed by atoms with Crippen LogP contribution in [0.5, 0.6) is 0 Å². The molecule has 0 aliphatic carbocycles. The molecule has 2 aromatic carbocycles. The van der Waals surface area contributed by atoms with Gasteiger partial charge in [0.05, 0.1) is 29.4 Å². The highest BCUT2D eigenvalue weighted by atomic mass is 35.5. The van der Waals surface area contributed by atoms with Crippen LogP contribution in [0.15, 0.2) is 55.0 Å². The molecule has 4 heterocycles. The van der Waals surface area contributed by atoms with Gasteiger partial charge in [0.15, 0.2) is 5.01 Å². The Bertz CT molecular complexity index is 1500. The summed E-state index contributed by atoms with van der Waals surface area (Å²) in [6.07, 6.45) is 6.96. The summed E-state index contributed by atoms with van der Waals surface area (Å²) in [5.41, 5.74) is 6.17. The van der Waals surface area contributed by atoms with Crippen molar-refractivity contribution in [3.05, 3.63) is 71.1 Å². The summed E-state index contributed by atoms with van der Waals surface area (Å²) in [4.78, 5) is 11.0. The quantitative estimate of drug-likeness (QED) is 0.257. The fourth-order valence-electron chi connectivity index (χ4n) is 6.23. The summed E-state index contributed by atoms with van der Waals surface area (Å²) >= 11 is 8.53. The van der Waals surface area contributed by atoms with Crippen LogP contribution in [0, 0.1) is 5.41 Å². The van der Waals surface area contributed by atoms with Gasteiger partial charge in [-0.2, -0.15) is 0 Å². The molecule has 2 N–H and O–H groups in total. The number of ether oxygens (including phenoxy) is 1. The van der Waals surface area contributed by atoms with Gasteiger partial charge in [-0.15, -0.1) is 10.2 Å². The van der Waals surface area contributed by atoms with Gasteiger partial charge in [-0.3, -0.25) is 9.97 Å². The van der Waals surface area contributed by atoms with Gasteiger partial charge < -0.3 is 20.3 Å². The Morgan fingerprint density at radius 1 is 1.10 bits per heavy atom. The number of para-hydroxylation sites is 2. The summed E-state index contributed by atoms with van der Waals surface area (Å²) in [7, 11) is 1.80. The van der Waals surface area contributed by atoms with Crippen molar-refractivity contribution in [2.75, 3.05) is 37.0 Å². The average Bonchev–Trinajstić information content (AvgIpc) is 3.54. The minimum atomic E-state index is -0.104. The molecule has 4 aromatic rings. The molecule has 1 saturated heterocycles. The van der Waals surface area contributed by atoms with Crippen molar-refractivity contribution >= 4 is 45.1 Å². The van der Waals surface area contributed by atoms with Crippen LogP contribution < -0.4 is 15.5 Å². The lowest BCUT2D eigenvalue weighted by Gasteiger charge is -2.35. The second kappa shape index (κ2) is 10.7. The lowest BCUT2D eigenvalue weighted by atomic mass is 9.73.